The van der Waals surface area contributed by atoms with E-state index in [0.717, 1.165) is 29.6 Å². The van der Waals surface area contributed by atoms with Gasteiger partial charge in [-0.15, -0.1) is 0 Å². The van der Waals surface area contributed by atoms with Crippen molar-refractivity contribution in [1.29, 1.82) is 0 Å². The maximum Gasteiger partial charge on any atom is 0.248 e. The van der Waals surface area contributed by atoms with Gasteiger partial charge in [-0.2, -0.15) is 5.10 Å². The second-order valence-corrected chi connectivity index (χ2v) is 6.94. The smallest absolute Gasteiger partial charge is 0.248 e. The number of aromatic amines is 1. The SMILES string of the molecule is COCC(=O)N1CC[C@@H](c2ccc3c(NCc4ccc(F)cc4)n[nH]c3n2)C1. The summed E-state index contributed by atoms with van der Waals surface area (Å²) in [7, 11) is 1.53. The summed E-state index contributed by atoms with van der Waals surface area (Å²) < 4.78 is 17.9. The van der Waals surface area contributed by atoms with Gasteiger partial charge in [0.1, 0.15) is 12.4 Å². The summed E-state index contributed by atoms with van der Waals surface area (Å²) in [6.07, 6.45) is 0.887. The second kappa shape index (κ2) is 7.93. The van der Waals surface area contributed by atoms with Gasteiger partial charge in [-0.25, -0.2) is 9.37 Å². The fourth-order valence-electron chi connectivity index (χ4n) is 3.51. The maximum absolute atomic E-state index is 13.0. The third-order valence-corrected chi connectivity index (χ3v) is 5.05. The number of H-pyrrole nitrogens is 1. The summed E-state index contributed by atoms with van der Waals surface area (Å²) in [5.41, 5.74) is 2.63. The van der Waals surface area contributed by atoms with Gasteiger partial charge in [-0.1, -0.05) is 12.1 Å². The van der Waals surface area contributed by atoms with Crippen molar-refractivity contribution in [2.45, 2.75) is 18.9 Å². The number of rotatable bonds is 6. The molecule has 0 bridgehead atoms. The number of fused-ring (bicyclic) bond motifs is 1. The fourth-order valence-corrected chi connectivity index (χ4v) is 3.51. The second-order valence-electron chi connectivity index (χ2n) is 6.94. The van der Waals surface area contributed by atoms with E-state index in [9.17, 15) is 9.18 Å². The first-order chi connectivity index (χ1) is 13.6. The summed E-state index contributed by atoms with van der Waals surface area (Å²) in [6.45, 7) is 2.04. The zero-order valence-corrected chi connectivity index (χ0v) is 15.6. The molecule has 28 heavy (non-hydrogen) atoms. The van der Waals surface area contributed by atoms with Crippen LogP contribution in [0.4, 0.5) is 10.2 Å². The molecule has 0 radical (unpaired) electrons. The molecule has 4 rings (SSSR count). The Morgan fingerprint density at radius 3 is 2.93 bits per heavy atom. The number of benzene rings is 1. The lowest BCUT2D eigenvalue weighted by Crippen LogP contribution is -2.31. The Bertz CT molecular complexity index is 972. The van der Waals surface area contributed by atoms with Crippen molar-refractivity contribution in [3.63, 3.8) is 0 Å². The minimum absolute atomic E-state index is 0.0138. The molecule has 3 aromatic rings. The number of amides is 1. The van der Waals surface area contributed by atoms with Gasteiger partial charge in [0.25, 0.3) is 0 Å². The lowest BCUT2D eigenvalue weighted by atomic mass is 10.0. The quantitative estimate of drug-likeness (QED) is 0.684. The molecule has 1 aliphatic heterocycles. The van der Waals surface area contributed by atoms with Crippen LogP contribution in [0, 0.1) is 5.82 Å². The molecule has 1 aromatic carbocycles. The number of methoxy groups -OCH3 is 1. The highest BCUT2D eigenvalue weighted by atomic mass is 19.1. The van der Waals surface area contributed by atoms with Crippen molar-refractivity contribution in [2.24, 2.45) is 0 Å². The number of carbonyl (C=O) groups is 1. The summed E-state index contributed by atoms with van der Waals surface area (Å²) in [6, 6.07) is 10.4. The van der Waals surface area contributed by atoms with Crippen LogP contribution >= 0.6 is 0 Å². The van der Waals surface area contributed by atoms with Crippen LogP contribution in [0.25, 0.3) is 11.0 Å². The van der Waals surface area contributed by atoms with E-state index >= 15 is 0 Å². The minimum atomic E-state index is -0.250. The van der Waals surface area contributed by atoms with E-state index in [1.165, 1.54) is 19.2 Å². The molecule has 1 atom stereocenters. The number of aromatic nitrogens is 3. The van der Waals surface area contributed by atoms with E-state index in [-0.39, 0.29) is 24.2 Å². The van der Waals surface area contributed by atoms with Crippen LogP contribution in [-0.4, -0.2) is 52.8 Å². The number of hydrogen-bond donors (Lipinski definition) is 2. The predicted molar refractivity (Wildman–Crippen MR) is 103 cm³/mol. The molecule has 1 fully saturated rings. The summed E-state index contributed by atoms with van der Waals surface area (Å²) >= 11 is 0. The zero-order valence-electron chi connectivity index (χ0n) is 15.6. The van der Waals surface area contributed by atoms with Crippen molar-refractivity contribution in [3.8, 4) is 0 Å². The Hall–Kier alpha value is -3.00. The van der Waals surface area contributed by atoms with E-state index in [0.29, 0.717) is 24.6 Å². The third kappa shape index (κ3) is 3.82. The number of ether oxygens (including phenoxy) is 1. The standard InChI is InChI=1S/C20H22FN5O2/c1-28-12-18(27)26-9-8-14(11-26)17-7-6-16-19(24-25-20(16)23-17)22-10-13-2-4-15(21)5-3-13/h2-7,14H,8-12H2,1H3,(H2,22,23,24,25)/t14-/m1/s1. The molecule has 0 aliphatic carbocycles. The third-order valence-electron chi connectivity index (χ3n) is 5.05. The van der Waals surface area contributed by atoms with Crippen molar-refractivity contribution < 1.29 is 13.9 Å². The lowest BCUT2D eigenvalue weighted by molar-refractivity contribution is -0.134. The van der Waals surface area contributed by atoms with Gasteiger partial charge in [-0.05, 0) is 36.2 Å². The molecule has 8 heteroatoms. The first-order valence-corrected chi connectivity index (χ1v) is 9.24. The highest BCUT2D eigenvalue weighted by molar-refractivity contribution is 5.87. The number of hydrogen-bond acceptors (Lipinski definition) is 5. The van der Waals surface area contributed by atoms with Crippen LogP contribution in [0.3, 0.4) is 0 Å². The molecular formula is C20H22FN5O2. The first kappa shape index (κ1) is 18.4. The topological polar surface area (TPSA) is 83.1 Å². The number of nitrogens with zero attached hydrogens (tertiary/aromatic N) is 3. The van der Waals surface area contributed by atoms with E-state index in [2.05, 4.69) is 15.5 Å². The Labute approximate surface area is 161 Å². The number of carbonyl (C=O) groups excluding carboxylic acids is 1. The molecule has 2 N–H and O–H groups in total. The number of likely N-dealkylation sites (tertiary alicyclic amines) is 1. The zero-order chi connectivity index (χ0) is 19.5. The lowest BCUT2D eigenvalue weighted by Gasteiger charge is -2.15. The van der Waals surface area contributed by atoms with Crippen LogP contribution in [0.2, 0.25) is 0 Å². The molecule has 1 amide bonds. The molecule has 0 unspecified atom stereocenters. The Morgan fingerprint density at radius 2 is 2.14 bits per heavy atom. The van der Waals surface area contributed by atoms with Gasteiger partial charge in [-0.3, -0.25) is 9.89 Å². The highest BCUT2D eigenvalue weighted by Gasteiger charge is 2.28. The number of nitrogens with one attached hydrogen (secondary N) is 2. The van der Waals surface area contributed by atoms with Crippen molar-refractivity contribution >= 4 is 22.8 Å². The van der Waals surface area contributed by atoms with E-state index < -0.39 is 0 Å². The van der Waals surface area contributed by atoms with Crippen LogP contribution < -0.4 is 5.32 Å². The Balaban J connectivity index is 1.44. The molecule has 3 heterocycles. The number of pyridine rings is 1. The van der Waals surface area contributed by atoms with Crippen LogP contribution in [0.1, 0.15) is 23.6 Å². The van der Waals surface area contributed by atoms with Gasteiger partial charge in [0.2, 0.25) is 5.91 Å². The molecule has 146 valence electrons. The van der Waals surface area contributed by atoms with E-state index in [1.54, 1.807) is 12.1 Å². The molecule has 2 aromatic heterocycles. The van der Waals surface area contributed by atoms with Crippen LogP contribution in [-0.2, 0) is 16.1 Å². The average molecular weight is 383 g/mol. The summed E-state index contributed by atoms with van der Waals surface area (Å²) in [4.78, 5) is 18.5. The monoisotopic (exact) mass is 383 g/mol. The van der Waals surface area contributed by atoms with Crippen molar-refractivity contribution in [1.82, 2.24) is 20.1 Å². The number of halogens is 1. The highest BCUT2D eigenvalue weighted by Crippen LogP contribution is 2.28. The molecule has 7 nitrogen and oxygen atoms in total. The van der Waals surface area contributed by atoms with E-state index in [4.69, 9.17) is 9.72 Å². The molecule has 0 spiro atoms. The minimum Gasteiger partial charge on any atom is -0.375 e. The van der Waals surface area contributed by atoms with Crippen LogP contribution in [0.5, 0.6) is 0 Å². The maximum atomic E-state index is 13.0. The Kier molecular flexibility index (Phi) is 5.21. The molecular weight excluding hydrogens is 361 g/mol. The van der Waals surface area contributed by atoms with Crippen LogP contribution in [0.15, 0.2) is 36.4 Å². The fraction of sp³-hybridized carbons (Fsp3) is 0.350. The largest absolute Gasteiger partial charge is 0.375 e. The van der Waals surface area contributed by atoms with Crippen molar-refractivity contribution in [2.75, 3.05) is 32.1 Å². The normalized spacial score (nSPS) is 16.6. The van der Waals surface area contributed by atoms with Gasteiger partial charge in [0, 0.05) is 38.4 Å². The molecule has 0 saturated carbocycles. The van der Waals surface area contributed by atoms with E-state index in [1.807, 2.05) is 17.0 Å². The van der Waals surface area contributed by atoms with Gasteiger partial charge < -0.3 is 15.0 Å². The molecule has 1 saturated heterocycles. The Morgan fingerprint density at radius 1 is 1.32 bits per heavy atom. The summed E-state index contributed by atoms with van der Waals surface area (Å²) in [5.74, 6) is 0.686. The predicted octanol–water partition coefficient (Wildman–Crippen LogP) is 2.67. The first-order valence-electron chi connectivity index (χ1n) is 9.24. The molecule has 1 aliphatic rings. The summed E-state index contributed by atoms with van der Waals surface area (Å²) in [5, 5.41) is 11.4. The average Bonchev–Trinajstić information content (AvgIpc) is 3.35. The van der Waals surface area contributed by atoms with Gasteiger partial charge in [0.15, 0.2) is 11.5 Å². The number of anilines is 1. The van der Waals surface area contributed by atoms with Crippen molar-refractivity contribution in [3.05, 3.63) is 53.5 Å². The van der Waals surface area contributed by atoms with Gasteiger partial charge in [0.05, 0.1) is 5.39 Å². The van der Waals surface area contributed by atoms with Gasteiger partial charge >= 0.3 is 0 Å².